The first kappa shape index (κ1) is 10.3. The first-order valence-corrected chi connectivity index (χ1v) is 4.61. The summed E-state index contributed by atoms with van der Waals surface area (Å²) in [5, 5.41) is 4.04. The molecule has 2 aromatic heterocycles. The molecule has 16 heavy (non-hydrogen) atoms. The molecule has 2 heterocycles. The summed E-state index contributed by atoms with van der Waals surface area (Å²) in [5.74, 6) is 6.51. The second kappa shape index (κ2) is 4.11. The molecule has 0 radical (unpaired) electrons. The normalized spacial score (nSPS) is 10.2. The van der Waals surface area contributed by atoms with Gasteiger partial charge in [-0.25, -0.2) is 10.5 Å². The molecular formula is C8H12N8. The van der Waals surface area contributed by atoms with Crippen molar-refractivity contribution in [1.29, 1.82) is 0 Å². The molecule has 0 saturated heterocycles. The molecule has 8 heteroatoms. The third-order valence-corrected chi connectivity index (χ3v) is 1.85. The molecule has 0 unspecified atom stereocenters. The smallest absolute Gasteiger partial charge is 0.257 e. The number of hydrazine groups is 1. The fourth-order valence-corrected chi connectivity index (χ4v) is 1.11. The van der Waals surface area contributed by atoms with Crippen molar-refractivity contribution in [3.8, 4) is 5.95 Å². The number of nitrogen functional groups attached to an aromatic ring is 1. The molecule has 0 aromatic carbocycles. The predicted octanol–water partition coefficient (Wildman–Crippen LogP) is -0.591. The molecule has 0 saturated carbocycles. The maximum Gasteiger partial charge on any atom is 0.257 e. The molecule has 0 aliphatic rings. The summed E-state index contributed by atoms with van der Waals surface area (Å²) in [6.45, 7) is 0. The van der Waals surface area contributed by atoms with Gasteiger partial charge in [0.2, 0.25) is 11.9 Å². The zero-order chi connectivity index (χ0) is 11.5. The van der Waals surface area contributed by atoms with Crippen LogP contribution in [0.4, 0.5) is 11.9 Å². The highest BCUT2D eigenvalue weighted by Crippen LogP contribution is 2.09. The van der Waals surface area contributed by atoms with Crippen LogP contribution in [-0.4, -0.2) is 38.8 Å². The van der Waals surface area contributed by atoms with Gasteiger partial charge in [-0.1, -0.05) is 0 Å². The lowest BCUT2D eigenvalue weighted by molar-refractivity contribution is 0.789. The monoisotopic (exact) mass is 220 g/mol. The molecular weight excluding hydrogens is 208 g/mol. The second-order valence-electron chi connectivity index (χ2n) is 3.25. The SMILES string of the molecule is CN(C)c1nc(NN)nc(-n2cccn2)n1. The predicted molar refractivity (Wildman–Crippen MR) is 59.1 cm³/mol. The van der Waals surface area contributed by atoms with Gasteiger partial charge >= 0.3 is 0 Å². The number of hydrogen-bond acceptors (Lipinski definition) is 7. The quantitative estimate of drug-likeness (QED) is 0.527. The van der Waals surface area contributed by atoms with Crippen LogP contribution in [0.2, 0.25) is 0 Å². The summed E-state index contributed by atoms with van der Waals surface area (Å²) in [6, 6.07) is 1.79. The van der Waals surface area contributed by atoms with Crippen LogP contribution in [0, 0.1) is 0 Å². The molecule has 0 fully saturated rings. The minimum Gasteiger partial charge on any atom is -0.347 e. The number of nitrogens with two attached hydrogens (primary N) is 1. The van der Waals surface area contributed by atoms with Gasteiger partial charge in [-0.2, -0.15) is 20.1 Å². The van der Waals surface area contributed by atoms with Crippen LogP contribution < -0.4 is 16.2 Å². The van der Waals surface area contributed by atoms with Gasteiger partial charge in [0.05, 0.1) is 0 Å². The number of rotatable bonds is 3. The minimum atomic E-state index is 0.296. The van der Waals surface area contributed by atoms with E-state index in [9.17, 15) is 0 Å². The number of aromatic nitrogens is 5. The van der Waals surface area contributed by atoms with Gasteiger partial charge in [0.15, 0.2) is 0 Å². The maximum atomic E-state index is 5.29. The minimum absolute atomic E-state index is 0.296. The molecule has 0 bridgehead atoms. The van der Waals surface area contributed by atoms with Crippen molar-refractivity contribution in [2.75, 3.05) is 24.4 Å². The van der Waals surface area contributed by atoms with Crippen molar-refractivity contribution in [3.63, 3.8) is 0 Å². The Morgan fingerprint density at radius 1 is 1.31 bits per heavy atom. The largest absolute Gasteiger partial charge is 0.347 e. The van der Waals surface area contributed by atoms with Crippen LogP contribution in [0.5, 0.6) is 0 Å². The molecule has 0 aliphatic carbocycles. The highest BCUT2D eigenvalue weighted by molar-refractivity contribution is 5.37. The van der Waals surface area contributed by atoms with E-state index in [0.29, 0.717) is 17.8 Å². The maximum absolute atomic E-state index is 5.29. The van der Waals surface area contributed by atoms with Crippen LogP contribution in [0.1, 0.15) is 0 Å². The molecule has 0 spiro atoms. The Morgan fingerprint density at radius 2 is 2.12 bits per heavy atom. The summed E-state index contributed by atoms with van der Waals surface area (Å²) in [6.07, 6.45) is 3.39. The molecule has 0 amide bonds. The van der Waals surface area contributed by atoms with Crippen LogP contribution >= 0.6 is 0 Å². The van der Waals surface area contributed by atoms with Gasteiger partial charge in [0.25, 0.3) is 5.95 Å². The van der Waals surface area contributed by atoms with E-state index in [1.807, 2.05) is 14.1 Å². The number of nitrogens with one attached hydrogen (secondary N) is 1. The van der Waals surface area contributed by atoms with E-state index < -0.39 is 0 Å². The van der Waals surface area contributed by atoms with Crippen molar-refractivity contribution >= 4 is 11.9 Å². The Morgan fingerprint density at radius 3 is 2.69 bits per heavy atom. The zero-order valence-corrected chi connectivity index (χ0v) is 8.99. The van der Waals surface area contributed by atoms with Crippen LogP contribution in [-0.2, 0) is 0 Å². The van der Waals surface area contributed by atoms with Gasteiger partial charge in [0, 0.05) is 26.5 Å². The van der Waals surface area contributed by atoms with Gasteiger partial charge in [0.1, 0.15) is 0 Å². The lowest BCUT2D eigenvalue weighted by Gasteiger charge is -2.11. The van der Waals surface area contributed by atoms with Crippen molar-refractivity contribution in [1.82, 2.24) is 24.7 Å². The average Bonchev–Trinajstić information content (AvgIpc) is 2.81. The summed E-state index contributed by atoms with van der Waals surface area (Å²) in [4.78, 5) is 14.2. The molecule has 0 aliphatic heterocycles. The Balaban J connectivity index is 2.49. The van der Waals surface area contributed by atoms with Crippen LogP contribution in [0.15, 0.2) is 18.5 Å². The zero-order valence-electron chi connectivity index (χ0n) is 8.99. The molecule has 8 nitrogen and oxygen atoms in total. The number of anilines is 2. The second-order valence-corrected chi connectivity index (χ2v) is 3.25. The van der Waals surface area contributed by atoms with Crippen molar-refractivity contribution in [3.05, 3.63) is 18.5 Å². The molecule has 84 valence electrons. The fraction of sp³-hybridized carbons (Fsp3) is 0.250. The van der Waals surface area contributed by atoms with E-state index in [1.165, 1.54) is 4.68 Å². The van der Waals surface area contributed by atoms with Gasteiger partial charge < -0.3 is 4.90 Å². The Hall–Kier alpha value is -2.22. The highest BCUT2D eigenvalue weighted by Gasteiger charge is 2.08. The highest BCUT2D eigenvalue weighted by atomic mass is 15.4. The standard InChI is InChI=1S/C8H12N8/c1-15(2)7-11-6(14-9)12-8(13-7)16-5-3-4-10-16/h3-5H,9H2,1-2H3,(H,11,12,13,14). The van der Waals surface area contributed by atoms with E-state index >= 15 is 0 Å². The Kier molecular flexibility index (Phi) is 2.64. The van der Waals surface area contributed by atoms with Gasteiger partial charge in [-0.3, -0.25) is 5.43 Å². The lowest BCUT2D eigenvalue weighted by Crippen LogP contribution is -2.19. The average molecular weight is 220 g/mol. The summed E-state index contributed by atoms with van der Waals surface area (Å²) in [5.41, 5.74) is 2.39. The first-order valence-electron chi connectivity index (χ1n) is 4.61. The van der Waals surface area contributed by atoms with E-state index in [0.717, 1.165) is 0 Å². The van der Waals surface area contributed by atoms with Crippen molar-refractivity contribution < 1.29 is 0 Å². The van der Waals surface area contributed by atoms with Gasteiger partial charge in [-0.05, 0) is 6.07 Å². The first-order chi connectivity index (χ1) is 7.70. The molecule has 2 aromatic rings. The van der Waals surface area contributed by atoms with Crippen molar-refractivity contribution in [2.45, 2.75) is 0 Å². The molecule has 3 N–H and O–H groups in total. The molecule has 2 rings (SSSR count). The van der Waals surface area contributed by atoms with Crippen molar-refractivity contribution in [2.24, 2.45) is 5.84 Å². The van der Waals surface area contributed by atoms with E-state index in [4.69, 9.17) is 5.84 Å². The topological polar surface area (TPSA) is 97.8 Å². The van der Waals surface area contributed by atoms with Crippen LogP contribution in [0.3, 0.4) is 0 Å². The van der Waals surface area contributed by atoms with E-state index in [-0.39, 0.29) is 0 Å². The third-order valence-electron chi connectivity index (χ3n) is 1.85. The van der Waals surface area contributed by atoms with Crippen LogP contribution in [0.25, 0.3) is 5.95 Å². The summed E-state index contributed by atoms with van der Waals surface area (Å²) in [7, 11) is 3.67. The number of hydrogen-bond donors (Lipinski definition) is 2. The van der Waals surface area contributed by atoms with Gasteiger partial charge in [-0.15, -0.1) is 0 Å². The summed E-state index contributed by atoms with van der Waals surface area (Å²) >= 11 is 0. The molecule has 0 atom stereocenters. The lowest BCUT2D eigenvalue weighted by atomic mass is 10.7. The Bertz CT molecular complexity index is 463. The number of nitrogens with zero attached hydrogens (tertiary/aromatic N) is 6. The fourth-order valence-electron chi connectivity index (χ4n) is 1.11. The van der Waals surface area contributed by atoms with E-state index in [1.54, 1.807) is 23.4 Å². The van der Waals surface area contributed by atoms with E-state index in [2.05, 4.69) is 25.5 Å². The third kappa shape index (κ3) is 1.91. The Labute approximate surface area is 92.1 Å². The summed E-state index contributed by atoms with van der Waals surface area (Å²) < 4.78 is 1.54.